The minimum Gasteiger partial charge on any atom is -0.271 e. The molecule has 2 nitrogen and oxygen atoms in total. The van der Waals surface area contributed by atoms with Gasteiger partial charge in [-0.15, -0.1) is 0 Å². The molecule has 2 fully saturated rings. The SMILES string of the molecule is NNC(Cc1c(F)ccc(Br)c1F)CC1CC2CCC1C2. The minimum absolute atomic E-state index is 0.0762. The molecule has 0 spiro atoms. The van der Waals surface area contributed by atoms with Crippen LogP contribution in [0.1, 0.15) is 37.7 Å². The van der Waals surface area contributed by atoms with Gasteiger partial charge in [-0.25, -0.2) is 8.78 Å². The third kappa shape index (κ3) is 3.15. The number of halogens is 3. The van der Waals surface area contributed by atoms with E-state index >= 15 is 0 Å². The van der Waals surface area contributed by atoms with Gasteiger partial charge in [-0.05, 0) is 77.9 Å². The van der Waals surface area contributed by atoms with Crippen LogP contribution >= 0.6 is 15.9 Å². The van der Waals surface area contributed by atoms with Crippen LogP contribution in [0.5, 0.6) is 0 Å². The van der Waals surface area contributed by atoms with Crippen molar-refractivity contribution >= 4 is 15.9 Å². The van der Waals surface area contributed by atoms with E-state index in [1.165, 1.54) is 37.8 Å². The second-order valence-corrected chi connectivity index (χ2v) is 7.41. The first kappa shape index (κ1) is 15.4. The number of hydrogen-bond acceptors (Lipinski definition) is 2. The summed E-state index contributed by atoms with van der Waals surface area (Å²) in [6, 6.07) is 2.62. The highest BCUT2D eigenvalue weighted by Gasteiger charge is 2.40. The lowest BCUT2D eigenvalue weighted by Crippen LogP contribution is -2.39. The number of fused-ring (bicyclic) bond motifs is 2. The Kier molecular flexibility index (Phi) is 4.62. The molecule has 0 aromatic heterocycles. The summed E-state index contributed by atoms with van der Waals surface area (Å²) in [7, 11) is 0. The van der Waals surface area contributed by atoms with Gasteiger partial charge >= 0.3 is 0 Å². The Hall–Kier alpha value is -0.520. The molecule has 116 valence electrons. The first-order valence-electron chi connectivity index (χ1n) is 7.67. The Labute approximate surface area is 132 Å². The highest BCUT2D eigenvalue weighted by Crippen LogP contribution is 2.50. The van der Waals surface area contributed by atoms with Crippen molar-refractivity contribution in [2.24, 2.45) is 23.6 Å². The van der Waals surface area contributed by atoms with Gasteiger partial charge in [-0.2, -0.15) is 0 Å². The number of rotatable bonds is 5. The topological polar surface area (TPSA) is 38.0 Å². The fraction of sp³-hybridized carbons (Fsp3) is 0.625. The van der Waals surface area contributed by atoms with Crippen molar-refractivity contribution in [3.05, 3.63) is 33.8 Å². The van der Waals surface area contributed by atoms with Gasteiger partial charge in [0.2, 0.25) is 0 Å². The van der Waals surface area contributed by atoms with E-state index in [4.69, 9.17) is 5.84 Å². The van der Waals surface area contributed by atoms with Crippen molar-refractivity contribution in [3.63, 3.8) is 0 Å². The summed E-state index contributed by atoms with van der Waals surface area (Å²) in [5.74, 6) is 6.94. The third-order valence-corrected chi connectivity index (χ3v) is 5.91. The smallest absolute Gasteiger partial charge is 0.143 e. The molecule has 2 aliphatic rings. The van der Waals surface area contributed by atoms with Crippen LogP contribution in [-0.2, 0) is 6.42 Å². The van der Waals surface area contributed by atoms with Crippen LogP contribution in [-0.4, -0.2) is 6.04 Å². The van der Waals surface area contributed by atoms with Crippen LogP contribution in [0.25, 0.3) is 0 Å². The summed E-state index contributed by atoms with van der Waals surface area (Å²) in [5, 5.41) is 0. The standard InChI is InChI=1S/C16H21BrF2N2/c17-14-3-4-15(18)13(16(14)19)8-12(21-20)7-11-6-9-1-2-10(11)5-9/h3-4,9-12,21H,1-2,5-8,20H2. The van der Waals surface area contributed by atoms with Gasteiger partial charge < -0.3 is 0 Å². The summed E-state index contributed by atoms with van der Waals surface area (Å²) in [4.78, 5) is 0. The fourth-order valence-electron chi connectivity index (χ4n) is 4.24. The first-order valence-corrected chi connectivity index (χ1v) is 8.46. The average molecular weight is 359 g/mol. The Morgan fingerprint density at radius 3 is 2.71 bits per heavy atom. The Bertz CT molecular complexity index is 523. The second kappa shape index (κ2) is 6.31. The maximum Gasteiger partial charge on any atom is 0.143 e. The quantitative estimate of drug-likeness (QED) is 0.475. The molecule has 5 heteroatoms. The highest BCUT2D eigenvalue weighted by atomic mass is 79.9. The van der Waals surface area contributed by atoms with Gasteiger partial charge in [0.25, 0.3) is 0 Å². The number of nitrogens with two attached hydrogens (primary N) is 1. The van der Waals surface area contributed by atoms with E-state index in [0.29, 0.717) is 16.8 Å². The summed E-state index contributed by atoms with van der Waals surface area (Å²) < 4.78 is 28.2. The molecule has 0 heterocycles. The van der Waals surface area contributed by atoms with Gasteiger partial charge in [0, 0.05) is 11.6 Å². The van der Waals surface area contributed by atoms with Crippen LogP contribution in [0.15, 0.2) is 16.6 Å². The van der Waals surface area contributed by atoms with Crippen molar-refractivity contribution in [3.8, 4) is 0 Å². The molecular formula is C16H21BrF2N2. The Balaban J connectivity index is 1.69. The molecule has 2 saturated carbocycles. The van der Waals surface area contributed by atoms with Crippen LogP contribution in [0.3, 0.4) is 0 Å². The zero-order valence-electron chi connectivity index (χ0n) is 11.9. The molecular weight excluding hydrogens is 338 g/mol. The van der Waals surface area contributed by atoms with E-state index in [1.54, 1.807) is 0 Å². The predicted molar refractivity (Wildman–Crippen MR) is 82.4 cm³/mol. The first-order chi connectivity index (χ1) is 10.1. The van der Waals surface area contributed by atoms with E-state index in [9.17, 15) is 8.78 Å². The zero-order valence-corrected chi connectivity index (χ0v) is 13.5. The largest absolute Gasteiger partial charge is 0.271 e. The van der Waals surface area contributed by atoms with Gasteiger partial charge in [0.1, 0.15) is 11.6 Å². The second-order valence-electron chi connectivity index (χ2n) is 6.56. The summed E-state index contributed by atoms with van der Waals surface area (Å²) in [5.41, 5.74) is 2.88. The Morgan fingerprint density at radius 1 is 1.29 bits per heavy atom. The van der Waals surface area contributed by atoms with E-state index in [0.717, 1.165) is 18.3 Å². The lowest BCUT2D eigenvalue weighted by atomic mass is 9.83. The molecule has 0 amide bonds. The lowest BCUT2D eigenvalue weighted by Gasteiger charge is -2.26. The van der Waals surface area contributed by atoms with Crippen molar-refractivity contribution < 1.29 is 8.78 Å². The van der Waals surface area contributed by atoms with Gasteiger partial charge in [-0.3, -0.25) is 11.3 Å². The van der Waals surface area contributed by atoms with Crippen LogP contribution in [0.2, 0.25) is 0 Å². The number of benzene rings is 1. The van der Waals surface area contributed by atoms with Gasteiger partial charge in [-0.1, -0.05) is 6.42 Å². The molecule has 0 aliphatic heterocycles. The maximum absolute atomic E-state index is 14.1. The normalized spacial score (nSPS) is 29.0. The summed E-state index contributed by atoms with van der Waals surface area (Å²) in [6.45, 7) is 0. The van der Waals surface area contributed by atoms with Crippen molar-refractivity contribution in [2.45, 2.75) is 44.6 Å². The molecule has 2 bridgehead atoms. The average Bonchev–Trinajstić information content (AvgIpc) is 3.09. The molecule has 3 rings (SSSR count). The van der Waals surface area contributed by atoms with Crippen LogP contribution < -0.4 is 11.3 Å². The molecule has 1 aromatic rings. The molecule has 0 saturated heterocycles. The van der Waals surface area contributed by atoms with Crippen LogP contribution in [0, 0.1) is 29.4 Å². The predicted octanol–water partition coefficient (Wildman–Crippen LogP) is 3.93. The zero-order chi connectivity index (χ0) is 15.0. The number of hydrogen-bond donors (Lipinski definition) is 2. The molecule has 0 radical (unpaired) electrons. The summed E-state index contributed by atoms with van der Waals surface area (Å²) >= 11 is 3.11. The minimum atomic E-state index is -0.511. The molecule has 4 atom stereocenters. The third-order valence-electron chi connectivity index (χ3n) is 5.30. The fourth-order valence-corrected chi connectivity index (χ4v) is 4.61. The number of hydrazine groups is 1. The highest BCUT2D eigenvalue weighted by molar-refractivity contribution is 9.10. The molecule has 4 unspecified atom stereocenters. The van der Waals surface area contributed by atoms with Gasteiger partial charge in [0.15, 0.2) is 0 Å². The van der Waals surface area contributed by atoms with Crippen LogP contribution in [0.4, 0.5) is 8.78 Å². The molecule has 3 N–H and O–H groups in total. The lowest BCUT2D eigenvalue weighted by molar-refractivity contribution is 0.275. The molecule has 2 aliphatic carbocycles. The number of nitrogens with one attached hydrogen (secondary N) is 1. The molecule has 21 heavy (non-hydrogen) atoms. The van der Waals surface area contributed by atoms with E-state index in [-0.39, 0.29) is 11.6 Å². The maximum atomic E-state index is 14.1. The van der Waals surface area contributed by atoms with Gasteiger partial charge in [0.05, 0.1) is 4.47 Å². The summed E-state index contributed by atoms with van der Waals surface area (Å²) in [6.07, 6.45) is 6.46. The Morgan fingerprint density at radius 2 is 2.10 bits per heavy atom. The van der Waals surface area contributed by atoms with E-state index in [2.05, 4.69) is 21.4 Å². The van der Waals surface area contributed by atoms with E-state index in [1.807, 2.05) is 0 Å². The van der Waals surface area contributed by atoms with E-state index < -0.39 is 11.6 Å². The molecule has 1 aromatic carbocycles. The van der Waals surface area contributed by atoms with Crippen molar-refractivity contribution in [1.29, 1.82) is 0 Å². The van der Waals surface area contributed by atoms with Crippen molar-refractivity contribution in [2.75, 3.05) is 0 Å². The van der Waals surface area contributed by atoms with Crippen molar-refractivity contribution in [1.82, 2.24) is 5.43 Å². The monoisotopic (exact) mass is 358 g/mol.